The molecule has 2 rings (SSSR count). The molecule has 0 spiro atoms. The molecule has 1 atom stereocenters. The molecule has 5 heteroatoms. The van der Waals surface area contributed by atoms with Gasteiger partial charge in [0.05, 0.1) is 10.9 Å². The summed E-state index contributed by atoms with van der Waals surface area (Å²) in [7, 11) is 1.76. The average Bonchev–Trinajstić information content (AvgIpc) is 2.97. The normalized spacial score (nSPS) is 12.2. The van der Waals surface area contributed by atoms with Gasteiger partial charge in [-0.05, 0) is 23.6 Å². The van der Waals surface area contributed by atoms with Gasteiger partial charge in [-0.1, -0.05) is 44.2 Å². The SMILES string of the molecule is CC(C)C(c1ccccc1)N(C)C(=O)c1ccc(C(=O)O)s1. The first kappa shape index (κ1) is 16.2. The van der Waals surface area contributed by atoms with Gasteiger partial charge in [-0.2, -0.15) is 0 Å². The molecule has 0 bridgehead atoms. The molecule has 1 aromatic heterocycles. The third-order valence-corrected chi connectivity index (χ3v) is 4.60. The van der Waals surface area contributed by atoms with E-state index in [1.54, 1.807) is 18.0 Å². The lowest BCUT2D eigenvalue weighted by molar-refractivity contribution is 0.0689. The number of nitrogens with zero attached hydrogens (tertiary/aromatic N) is 1. The van der Waals surface area contributed by atoms with E-state index in [0.29, 0.717) is 4.88 Å². The summed E-state index contributed by atoms with van der Waals surface area (Å²) in [6.45, 7) is 4.14. The van der Waals surface area contributed by atoms with E-state index in [0.717, 1.165) is 16.9 Å². The van der Waals surface area contributed by atoms with Crippen LogP contribution in [-0.2, 0) is 0 Å². The topological polar surface area (TPSA) is 57.6 Å². The maximum absolute atomic E-state index is 12.6. The van der Waals surface area contributed by atoms with Crippen LogP contribution in [0, 0.1) is 5.92 Å². The maximum Gasteiger partial charge on any atom is 0.345 e. The van der Waals surface area contributed by atoms with Crippen molar-refractivity contribution in [1.29, 1.82) is 0 Å². The van der Waals surface area contributed by atoms with E-state index in [4.69, 9.17) is 5.11 Å². The molecule has 0 fully saturated rings. The van der Waals surface area contributed by atoms with E-state index >= 15 is 0 Å². The van der Waals surface area contributed by atoms with E-state index in [-0.39, 0.29) is 22.7 Å². The van der Waals surface area contributed by atoms with Gasteiger partial charge in [-0.3, -0.25) is 4.79 Å². The molecule has 0 aliphatic rings. The van der Waals surface area contributed by atoms with Crippen LogP contribution < -0.4 is 0 Å². The third kappa shape index (κ3) is 3.36. The Morgan fingerprint density at radius 2 is 1.64 bits per heavy atom. The molecule has 0 aliphatic heterocycles. The lowest BCUT2D eigenvalue weighted by Gasteiger charge is -2.31. The summed E-state index contributed by atoms with van der Waals surface area (Å²) in [5.74, 6) is -0.912. The van der Waals surface area contributed by atoms with Crippen molar-refractivity contribution in [3.05, 3.63) is 57.8 Å². The summed E-state index contributed by atoms with van der Waals surface area (Å²) in [5, 5.41) is 8.98. The van der Waals surface area contributed by atoms with E-state index in [1.807, 2.05) is 30.3 Å². The third-order valence-electron chi connectivity index (χ3n) is 3.54. The highest BCUT2D eigenvalue weighted by Gasteiger charge is 2.26. The summed E-state index contributed by atoms with van der Waals surface area (Å²) in [5.41, 5.74) is 1.07. The molecule has 2 aromatic rings. The number of carbonyl (C=O) groups is 2. The lowest BCUT2D eigenvalue weighted by Crippen LogP contribution is -2.33. The Morgan fingerprint density at radius 1 is 1.05 bits per heavy atom. The first-order valence-electron chi connectivity index (χ1n) is 7.07. The molecule has 22 heavy (non-hydrogen) atoms. The lowest BCUT2D eigenvalue weighted by atomic mass is 9.94. The van der Waals surface area contributed by atoms with Gasteiger partial charge < -0.3 is 10.0 Å². The maximum atomic E-state index is 12.6. The average molecular weight is 317 g/mol. The van der Waals surface area contributed by atoms with Crippen LogP contribution in [0.1, 0.15) is 44.8 Å². The zero-order valence-corrected chi connectivity index (χ0v) is 13.6. The molecule has 4 nitrogen and oxygen atoms in total. The molecular formula is C17H19NO3S. The molecular weight excluding hydrogens is 298 g/mol. The van der Waals surface area contributed by atoms with Gasteiger partial charge in [0.1, 0.15) is 4.88 Å². The van der Waals surface area contributed by atoms with Crippen LogP contribution in [0.15, 0.2) is 42.5 Å². The molecule has 1 amide bonds. The molecule has 1 aromatic carbocycles. The minimum atomic E-state index is -1.00. The van der Waals surface area contributed by atoms with Gasteiger partial charge >= 0.3 is 5.97 Å². The number of thiophene rings is 1. The number of carbonyl (C=O) groups excluding carboxylic acids is 1. The number of amides is 1. The fourth-order valence-electron chi connectivity index (χ4n) is 2.57. The van der Waals surface area contributed by atoms with E-state index < -0.39 is 5.97 Å². The summed E-state index contributed by atoms with van der Waals surface area (Å²) < 4.78 is 0. The Kier molecular flexibility index (Phi) is 4.98. The Hall–Kier alpha value is -2.14. The van der Waals surface area contributed by atoms with Crippen molar-refractivity contribution in [2.24, 2.45) is 5.92 Å². The molecule has 116 valence electrons. The Bertz CT molecular complexity index is 664. The summed E-state index contributed by atoms with van der Waals surface area (Å²) in [6.07, 6.45) is 0. The Labute approximate surface area is 134 Å². The Balaban J connectivity index is 2.28. The molecule has 1 N–H and O–H groups in total. The minimum Gasteiger partial charge on any atom is -0.477 e. The number of benzene rings is 1. The van der Waals surface area contributed by atoms with Crippen molar-refractivity contribution in [3.63, 3.8) is 0 Å². The molecule has 0 saturated carbocycles. The van der Waals surface area contributed by atoms with Crippen molar-refractivity contribution in [2.75, 3.05) is 7.05 Å². The van der Waals surface area contributed by atoms with Gasteiger partial charge in [0.25, 0.3) is 5.91 Å². The van der Waals surface area contributed by atoms with Crippen molar-refractivity contribution in [1.82, 2.24) is 4.90 Å². The summed E-state index contributed by atoms with van der Waals surface area (Å²) >= 11 is 1.01. The van der Waals surface area contributed by atoms with Gasteiger partial charge in [0, 0.05) is 7.05 Å². The first-order chi connectivity index (χ1) is 10.4. The van der Waals surface area contributed by atoms with Crippen LogP contribution in [-0.4, -0.2) is 28.9 Å². The highest BCUT2D eigenvalue weighted by molar-refractivity contribution is 7.15. The van der Waals surface area contributed by atoms with Crippen LogP contribution in [0.4, 0.5) is 0 Å². The van der Waals surface area contributed by atoms with Crippen LogP contribution in [0.3, 0.4) is 0 Å². The molecule has 0 saturated heterocycles. The smallest absolute Gasteiger partial charge is 0.345 e. The van der Waals surface area contributed by atoms with Crippen molar-refractivity contribution < 1.29 is 14.7 Å². The highest BCUT2D eigenvalue weighted by atomic mass is 32.1. The number of hydrogen-bond donors (Lipinski definition) is 1. The minimum absolute atomic E-state index is 0.0518. The van der Waals surface area contributed by atoms with Crippen molar-refractivity contribution in [3.8, 4) is 0 Å². The van der Waals surface area contributed by atoms with Crippen molar-refractivity contribution >= 4 is 23.2 Å². The van der Waals surface area contributed by atoms with Gasteiger partial charge in [-0.25, -0.2) is 4.79 Å². The van der Waals surface area contributed by atoms with E-state index in [2.05, 4.69) is 13.8 Å². The second-order valence-electron chi connectivity index (χ2n) is 5.48. The van der Waals surface area contributed by atoms with Gasteiger partial charge in [0.2, 0.25) is 0 Å². The van der Waals surface area contributed by atoms with Crippen LogP contribution in [0.2, 0.25) is 0 Å². The van der Waals surface area contributed by atoms with Crippen molar-refractivity contribution in [2.45, 2.75) is 19.9 Å². The highest BCUT2D eigenvalue weighted by Crippen LogP contribution is 2.29. The quantitative estimate of drug-likeness (QED) is 0.909. The number of rotatable bonds is 5. The van der Waals surface area contributed by atoms with Crippen LogP contribution >= 0.6 is 11.3 Å². The largest absolute Gasteiger partial charge is 0.477 e. The monoisotopic (exact) mass is 317 g/mol. The second-order valence-corrected chi connectivity index (χ2v) is 6.57. The second kappa shape index (κ2) is 6.75. The molecule has 1 unspecified atom stereocenters. The Morgan fingerprint density at radius 3 is 2.14 bits per heavy atom. The number of carboxylic acids is 1. The number of aromatic carboxylic acids is 1. The fraction of sp³-hybridized carbons (Fsp3) is 0.294. The van der Waals surface area contributed by atoms with E-state index in [9.17, 15) is 9.59 Å². The zero-order valence-electron chi connectivity index (χ0n) is 12.8. The number of hydrogen-bond acceptors (Lipinski definition) is 3. The predicted molar refractivity (Wildman–Crippen MR) is 87.4 cm³/mol. The molecule has 0 radical (unpaired) electrons. The van der Waals surface area contributed by atoms with Crippen LogP contribution in [0.25, 0.3) is 0 Å². The van der Waals surface area contributed by atoms with Gasteiger partial charge in [0.15, 0.2) is 0 Å². The summed E-state index contributed by atoms with van der Waals surface area (Å²) in [4.78, 5) is 25.9. The van der Waals surface area contributed by atoms with Crippen LogP contribution in [0.5, 0.6) is 0 Å². The predicted octanol–water partition coefficient (Wildman–Crippen LogP) is 3.92. The van der Waals surface area contributed by atoms with E-state index in [1.165, 1.54) is 6.07 Å². The fourth-order valence-corrected chi connectivity index (χ4v) is 3.40. The zero-order chi connectivity index (χ0) is 16.3. The standard InChI is InChI=1S/C17H19NO3S/c1-11(2)15(12-7-5-4-6-8-12)18(3)16(19)13-9-10-14(22-13)17(20)21/h4-11,15H,1-3H3,(H,20,21). The molecule has 1 heterocycles. The number of carboxylic acid groups (broad SMARTS) is 1. The first-order valence-corrected chi connectivity index (χ1v) is 7.88. The molecule has 0 aliphatic carbocycles. The van der Waals surface area contributed by atoms with Gasteiger partial charge in [-0.15, -0.1) is 11.3 Å². The summed E-state index contributed by atoms with van der Waals surface area (Å²) in [6, 6.07) is 12.9.